The summed E-state index contributed by atoms with van der Waals surface area (Å²) in [7, 11) is 0. The van der Waals surface area contributed by atoms with Gasteiger partial charge in [-0.15, -0.1) is 0 Å². The van der Waals surface area contributed by atoms with Gasteiger partial charge in [0.05, 0.1) is 6.61 Å². The number of hydrogen-bond acceptors (Lipinski definition) is 4. The second kappa shape index (κ2) is 11.3. The van der Waals surface area contributed by atoms with E-state index in [1.807, 2.05) is 0 Å². The number of carbonyl (C=O) groups excluding carboxylic acids is 3. The first-order valence-corrected chi connectivity index (χ1v) is 11.6. The molecule has 2 fully saturated rings. The first-order chi connectivity index (χ1) is 14.6. The van der Waals surface area contributed by atoms with Crippen LogP contribution in [0.25, 0.3) is 0 Å². The van der Waals surface area contributed by atoms with Gasteiger partial charge in [-0.3, -0.25) is 9.59 Å². The molecule has 1 saturated carbocycles. The minimum Gasteiger partial charge on any atom is -0.464 e. The van der Waals surface area contributed by atoms with Crippen molar-refractivity contribution in [1.29, 1.82) is 0 Å². The molecule has 1 saturated heterocycles. The van der Waals surface area contributed by atoms with Gasteiger partial charge in [-0.25, -0.2) is 4.79 Å². The summed E-state index contributed by atoms with van der Waals surface area (Å²) in [6.45, 7) is 2.91. The number of ether oxygens (including phenoxy) is 1. The zero-order chi connectivity index (χ0) is 21.3. The Kier molecular flexibility index (Phi) is 8.47. The summed E-state index contributed by atoms with van der Waals surface area (Å²) >= 11 is 0. The fourth-order valence-electron chi connectivity index (χ4n) is 4.56. The molecular weight excluding hydrogens is 378 g/mol. The molecule has 0 spiro atoms. The molecule has 1 aromatic rings. The SMILES string of the molecule is Cc1ccc(CCCCOC(=O)C2CCCCN2C(=O)C(=O)C2CCCCC2)cc1. The standard InChI is InChI=1S/C25H35NO4/c1-19-13-15-20(16-14-19)9-6-8-18-30-25(29)22-12-5-7-17-26(22)24(28)23(27)21-10-3-2-4-11-21/h13-16,21-22H,2-12,17-18H2,1H3. The molecule has 30 heavy (non-hydrogen) atoms. The molecule has 1 aliphatic carbocycles. The molecule has 1 unspecified atom stereocenters. The number of benzene rings is 1. The highest BCUT2D eigenvalue weighted by Gasteiger charge is 2.38. The van der Waals surface area contributed by atoms with Gasteiger partial charge in [-0.05, 0) is 63.9 Å². The minimum atomic E-state index is -0.601. The number of nitrogens with zero attached hydrogens (tertiary/aromatic N) is 1. The van der Waals surface area contributed by atoms with Crippen LogP contribution in [-0.4, -0.2) is 41.8 Å². The van der Waals surface area contributed by atoms with Crippen molar-refractivity contribution >= 4 is 17.7 Å². The second-order valence-corrected chi connectivity index (χ2v) is 8.82. The number of amides is 1. The smallest absolute Gasteiger partial charge is 0.328 e. The molecule has 164 valence electrons. The summed E-state index contributed by atoms with van der Waals surface area (Å²) < 4.78 is 5.50. The Labute approximate surface area is 180 Å². The second-order valence-electron chi connectivity index (χ2n) is 8.82. The van der Waals surface area contributed by atoms with Crippen molar-refractivity contribution in [3.63, 3.8) is 0 Å². The van der Waals surface area contributed by atoms with E-state index in [-0.39, 0.29) is 17.7 Å². The highest BCUT2D eigenvalue weighted by molar-refractivity contribution is 6.37. The van der Waals surface area contributed by atoms with E-state index in [1.54, 1.807) is 0 Å². The largest absolute Gasteiger partial charge is 0.464 e. The molecule has 1 aromatic carbocycles. The van der Waals surface area contributed by atoms with E-state index in [2.05, 4.69) is 31.2 Å². The number of rotatable bonds is 8. The van der Waals surface area contributed by atoms with Gasteiger partial charge < -0.3 is 9.64 Å². The molecule has 1 aliphatic heterocycles. The Morgan fingerprint density at radius 2 is 1.63 bits per heavy atom. The lowest BCUT2D eigenvalue weighted by Gasteiger charge is -2.34. The molecular formula is C25H35NO4. The van der Waals surface area contributed by atoms with Crippen molar-refractivity contribution in [2.75, 3.05) is 13.2 Å². The molecule has 1 atom stereocenters. The van der Waals surface area contributed by atoms with Gasteiger partial charge in [-0.2, -0.15) is 0 Å². The summed E-state index contributed by atoms with van der Waals surface area (Å²) in [5.74, 6) is -1.28. The molecule has 0 radical (unpaired) electrons. The van der Waals surface area contributed by atoms with Crippen molar-refractivity contribution in [3.05, 3.63) is 35.4 Å². The first-order valence-electron chi connectivity index (χ1n) is 11.6. The number of carbonyl (C=O) groups is 3. The van der Waals surface area contributed by atoms with E-state index in [9.17, 15) is 14.4 Å². The summed E-state index contributed by atoms with van der Waals surface area (Å²) in [5, 5.41) is 0. The van der Waals surface area contributed by atoms with E-state index >= 15 is 0 Å². The van der Waals surface area contributed by atoms with Crippen LogP contribution < -0.4 is 0 Å². The third-order valence-electron chi connectivity index (χ3n) is 6.45. The molecule has 2 aliphatic rings. The molecule has 0 aromatic heterocycles. The van der Waals surface area contributed by atoms with Gasteiger partial charge in [0.2, 0.25) is 5.78 Å². The van der Waals surface area contributed by atoms with E-state index < -0.39 is 11.9 Å². The Morgan fingerprint density at radius 3 is 2.37 bits per heavy atom. The van der Waals surface area contributed by atoms with Gasteiger partial charge in [0.15, 0.2) is 0 Å². The van der Waals surface area contributed by atoms with Gasteiger partial charge in [0.25, 0.3) is 5.91 Å². The Bertz CT molecular complexity index is 721. The normalized spacial score (nSPS) is 20.0. The van der Waals surface area contributed by atoms with Crippen LogP contribution in [0.3, 0.4) is 0 Å². The monoisotopic (exact) mass is 413 g/mol. The molecule has 1 amide bonds. The molecule has 0 bridgehead atoms. The predicted molar refractivity (Wildman–Crippen MR) is 116 cm³/mol. The van der Waals surface area contributed by atoms with Gasteiger partial charge in [0.1, 0.15) is 6.04 Å². The van der Waals surface area contributed by atoms with Gasteiger partial charge in [-0.1, -0.05) is 49.1 Å². The number of ketones is 1. The highest BCUT2D eigenvalue weighted by atomic mass is 16.5. The van der Waals surface area contributed by atoms with Crippen LogP contribution in [0.2, 0.25) is 0 Å². The van der Waals surface area contributed by atoms with E-state index in [0.29, 0.717) is 19.6 Å². The van der Waals surface area contributed by atoms with Crippen LogP contribution in [0, 0.1) is 12.8 Å². The zero-order valence-electron chi connectivity index (χ0n) is 18.2. The summed E-state index contributed by atoms with van der Waals surface area (Å²) in [6, 6.07) is 7.89. The third-order valence-corrected chi connectivity index (χ3v) is 6.45. The quantitative estimate of drug-likeness (QED) is 0.360. The summed E-state index contributed by atoms with van der Waals surface area (Å²) in [5.41, 5.74) is 2.54. The van der Waals surface area contributed by atoms with Crippen LogP contribution >= 0.6 is 0 Å². The van der Waals surface area contributed by atoms with E-state index in [1.165, 1.54) is 16.0 Å². The van der Waals surface area contributed by atoms with Crippen LogP contribution in [0.15, 0.2) is 24.3 Å². The Morgan fingerprint density at radius 1 is 0.933 bits per heavy atom. The van der Waals surface area contributed by atoms with Crippen LogP contribution in [0.1, 0.15) is 75.3 Å². The lowest BCUT2D eigenvalue weighted by molar-refractivity contribution is -0.160. The van der Waals surface area contributed by atoms with E-state index in [4.69, 9.17) is 4.74 Å². The van der Waals surface area contributed by atoms with Crippen molar-refractivity contribution in [2.24, 2.45) is 5.92 Å². The topological polar surface area (TPSA) is 63.7 Å². The van der Waals surface area contributed by atoms with Gasteiger partial charge >= 0.3 is 5.97 Å². The number of likely N-dealkylation sites (tertiary alicyclic amines) is 1. The van der Waals surface area contributed by atoms with E-state index in [0.717, 1.165) is 64.2 Å². The maximum absolute atomic E-state index is 12.8. The number of aryl methyl sites for hydroxylation is 2. The lowest BCUT2D eigenvalue weighted by atomic mass is 9.85. The number of hydrogen-bond donors (Lipinski definition) is 0. The highest BCUT2D eigenvalue weighted by Crippen LogP contribution is 2.26. The molecule has 0 N–H and O–H groups in total. The molecule has 5 nitrogen and oxygen atoms in total. The molecule has 1 heterocycles. The summed E-state index contributed by atoms with van der Waals surface area (Å²) in [6.07, 6.45) is 9.77. The average molecular weight is 414 g/mol. The lowest BCUT2D eigenvalue weighted by Crippen LogP contribution is -2.52. The minimum absolute atomic E-state index is 0.161. The zero-order valence-corrected chi connectivity index (χ0v) is 18.2. The Balaban J connectivity index is 1.45. The number of unbranched alkanes of at least 4 members (excludes halogenated alkanes) is 1. The molecule has 5 heteroatoms. The summed E-state index contributed by atoms with van der Waals surface area (Å²) in [4.78, 5) is 39.7. The maximum Gasteiger partial charge on any atom is 0.328 e. The number of Topliss-reactive ketones (excluding diaryl/α,β-unsaturated/α-hetero) is 1. The number of esters is 1. The van der Waals surface area contributed by atoms with Crippen LogP contribution in [0.4, 0.5) is 0 Å². The van der Waals surface area contributed by atoms with Crippen molar-refractivity contribution in [2.45, 2.75) is 83.6 Å². The maximum atomic E-state index is 12.8. The number of piperidine rings is 1. The van der Waals surface area contributed by atoms with Crippen LogP contribution in [0.5, 0.6) is 0 Å². The molecule has 3 rings (SSSR count). The average Bonchev–Trinajstić information content (AvgIpc) is 2.79. The van der Waals surface area contributed by atoms with Crippen LogP contribution in [-0.2, 0) is 25.5 Å². The van der Waals surface area contributed by atoms with Gasteiger partial charge in [0, 0.05) is 12.5 Å². The predicted octanol–water partition coefficient (Wildman–Crippen LogP) is 4.39. The van der Waals surface area contributed by atoms with Crippen molar-refractivity contribution in [3.8, 4) is 0 Å². The third kappa shape index (κ3) is 6.16. The first kappa shape index (κ1) is 22.5. The fraction of sp³-hybridized carbons (Fsp3) is 0.640. The van der Waals surface area contributed by atoms with Crippen molar-refractivity contribution in [1.82, 2.24) is 4.90 Å². The Hall–Kier alpha value is -2.17. The van der Waals surface area contributed by atoms with Crippen molar-refractivity contribution < 1.29 is 19.1 Å². The fourth-order valence-corrected chi connectivity index (χ4v) is 4.56.